The summed E-state index contributed by atoms with van der Waals surface area (Å²) in [6.45, 7) is 5.03. The van der Waals surface area contributed by atoms with Crippen molar-refractivity contribution in [2.75, 3.05) is 36.6 Å². The van der Waals surface area contributed by atoms with Crippen LogP contribution >= 0.6 is 0 Å². The molecule has 0 aliphatic carbocycles. The van der Waals surface area contributed by atoms with Crippen LogP contribution in [0, 0.1) is 25.6 Å². The predicted octanol–water partition coefficient (Wildman–Crippen LogP) is 2.85. The van der Waals surface area contributed by atoms with E-state index in [1.807, 2.05) is 7.05 Å². The van der Waals surface area contributed by atoms with Crippen molar-refractivity contribution < 1.29 is 27.2 Å². The zero-order chi connectivity index (χ0) is 25.5. The summed E-state index contributed by atoms with van der Waals surface area (Å²) in [5.74, 6) is -1.52. The number of hydrogen-bond acceptors (Lipinski definition) is 6. The van der Waals surface area contributed by atoms with Gasteiger partial charge in [0.15, 0.2) is 0 Å². The summed E-state index contributed by atoms with van der Waals surface area (Å²) in [6.07, 6.45) is -4.32. The SMILES string of the molecule is Cc1cc(C(F)(F)F)nc(N2NC(=O)CC2C(=O)N(CCC2CN(C)C2)c2ccc(F)c(C)c2)n1. The number of alkyl halides is 3. The third-order valence-electron chi connectivity index (χ3n) is 6.19. The van der Waals surface area contributed by atoms with Gasteiger partial charge in [-0.2, -0.15) is 13.2 Å². The maximum Gasteiger partial charge on any atom is 0.433 e. The second-order valence-electron chi connectivity index (χ2n) is 9.12. The number of nitrogens with one attached hydrogen (secondary N) is 1. The number of benzene rings is 1. The molecular weight excluding hydrogens is 468 g/mol. The van der Waals surface area contributed by atoms with Gasteiger partial charge in [-0.25, -0.2) is 19.4 Å². The summed E-state index contributed by atoms with van der Waals surface area (Å²) in [5, 5.41) is 0.993. The highest BCUT2D eigenvalue weighted by molar-refractivity contribution is 6.03. The van der Waals surface area contributed by atoms with E-state index in [1.54, 1.807) is 13.0 Å². The molecular formula is C23H26F4N6O2. The van der Waals surface area contributed by atoms with Gasteiger partial charge in [-0.3, -0.25) is 15.0 Å². The largest absolute Gasteiger partial charge is 0.433 e. The van der Waals surface area contributed by atoms with E-state index >= 15 is 0 Å². The van der Waals surface area contributed by atoms with E-state index in [9.17, 15) is 27.2 Å². The molecule has 1 atom stereocenters. The molecule has 1 aromatic carbocycles. The van der Waals surface area contributed by atoms with Gasteiger partial charge in [-0.15, -0.1) is 0 Å². The fourth-order valence-corrected chi connectivity index (χ4v) is 4.38. The Hall–Kier alpha value is -3.28. The smallest absolute Gasteiger partial charge is 0.311 e. The van der Waals surface area contributed by atoms with Gasteiger partial charge in [-0.1, -0.05) is 0 Å². The Bertz CT molecular complexity index is 1140. The first kappa shape index (κ1) is 24.8. The van der Waals surface area contributed by atoms with Crippen LogP contribution in [0.1, 0.15) is 29.8 Å². The molecule has 0 saturated carbocycles. The maximum absolute atomic E-state index is 13.9. The van der Waals surface area contributed by atoms with Crippen molar-refractivity contribution in [3.05, 3.63) is 47.0 Å². The highest BCUT2D eigenvalue weighted by atomic mass is 19.4. The third kappa shape index (κ3) is 5.37. The van der Waals surface area contributed by atoms with Crippen molar-refractivity contribution in [1.29, 1.82) is 0 Å². The Labute approximate surface area is 199 Å². The first-order chi connectivity index (χ1) is 16.4. The lowest BCUT2D eigenvalue weighted by atomic mass is 9.96. The molecule has 2 amide bonds. The molecule has 0 bridgehead atoms. The van der Waals surface area contributed by atoms with Crippen molar-refractivity contribution in [3.8, 4) is 0 Å². The van der Waals surface area contributed by atoms with E-state index in [0.29, 0.717) is 30.1 Å². The number of hydrazine groups is 1. The molecule has 1 aromatic heterocycles. The van der Waals surface area contributed by atoms with Crippen molar-refractivity contribution in [2.45, 2.75) is 38.9 Å². The first-order valence-electron chi connectivity index (χ1n) is 11.2. The summed E-state index contributed by atoms with van der Waals surface area (Å²) >= 11 is 0. The monoisotopic (exact) mass is 494 g/mol. The average Bonchev–Trinajstić information content (AvgIpc) is 3.15. The number of anilines is 2. The number of halogens is 4. The Kier molecular flexibility index (Phi) is 6.67. The summed E-state index contributed by atoms with van der Waals surface area (Å²) in [6, 6.07) is 3.91. The molecule has 4 rings (SSSR count). The van der Waals surface area contributed by atoms with Gasteiger partial charge in [0.25, 0.3) is 5.91 Å². The number of likely N-dealkylation sites (tertiary alicyclic amines) is 1. The Morgan fingerprint density at radius 3 is 2.54 bits per heavy atom. The molecule has 8 nitrogen and oxygen atoms in total. The van der Waals surface area contributed by atoms with Crippen molar-refractivity contribution in [1.82, 2.24) is 20.3 Å². The molecule has 2 aliphatic heterocycles. The zero-order valence-corrected chi connectivity index (χ0v) is 19.6. The highest BCUT2D eigenvalue weighted by Crippen LogP contribution is 2.31. The number of carbonyl (C=O) groups is 2. The van der Waals surface area contributed by atoms with E-state index in [-0.39, 0.29) is 12.1 Å². The predicted molar refractivity (Wildman–Crippen MR) is 120 cm³/mol. The molecule has 0 radical (unpaired) electrons. The Morgan fingerprint density at radius 1 is 1.20 bits per heavy atom. The van der Waals surface area contributed by atoms with Crippen LogP contribution in [0.25, 0.3) is 0 Å². The van der Waals surface area contributed by atoms with Crippen molar-refractivity contribution in [3.63, 3.8) is 0 Å². The molecule has 3 heterocycles. The normalized spacial score (nSPS) is 19.0. The summed E-state index contributed by atoms with van der Waals surface area (Å²) in [5.41, 5.74) is 2.07. The minimum Gasteiger partial charge on any atom is -0.311 e. The lowest BCUT2D eigenvalue weighted by Gasteiger charge is -2.38. The molecule has 2 saturated heterocycles. The van der Waals surface area contributed by atoms with Gasteiger partial charge >= 0.3 is 6.18 Å². The second kappa shape index (κ2) is 9.40. The van der Waals surface area contributed by atoms with Gasteiger partial charge in [0.2, 0.25) is 11.9 Å². The lowest BCUT2D eigenvalue weighted by molar-refractivity contribution is -0.141. The molecule has 12 heteroatoms. The van der Waals surface area contributed by atoms with Crippen LogP contribution in [-0.4, -0.2) is 59.4 Å². The first-order valence-corrected chi connectivity index (χ1v) is 11.2. The quantitative estimate of drug-likeness (QED) is 0.623. The molecule has 35 heavy (non-hydrogen) atoms. The van der Waals surface area contributed by atoms with Crippen LogP contribution in [0.3, 0.4) is 0 Å². The van der Waals surface area contributed by atoms with Crippen molar-refractivity contribution >= 4 is 23.5 Å². The van der Waals surface area contributed by atoms with Crippen LogP contribution in [0.2, 0.25) is 0 Å². The van der Waals surface area contributed by atoms with Gasteiger partial charge in [0, 0.05) is 31.0 Å². The third-order valence-corrected chi connectivity index (χ3v) is 6.19. The minimum absolute atomic E-state index is 0.0368. The number of nitrogens with zero attached hydrogens (tertiary/aromatic N) is 5. The number of aryl methyl sites for hydroxylation is 2. The topological polar surface area (TPSA) is 81.7 Å². The van der Waals surface area contributed by atoms with Crippen LogP contribution in [0.4, 0.5) is 29.2 Å². The lowest BCUT2D eigenvalue weighted by Crippen LogP contribution is -2.51. The Balaban J connectivity index is 1.65. The van der Waals surface area contributed by atoms with E-state index in [2.05, 4.69) is 20.3 Å². The number of carbonyl (C=O) groups excluding carboxylic acids is 2. The second-order valence-corrected chi connectivity index (χ2v) is 9.12. The fourth-order valence-electron chi connectivity index (χ4n) is 4.38. The minimum atomic E-state index is -4.72. The Morgan fingerprint density at radius 2 is 1.91 bits per heavy atom. The highest BCUT2D eigenvalue weighted by Gasteiger charge is 2.42. The molecule has 0 spiro atoms. The van der Waals surface area contributed by atoms with Gasteiger partial charge in [0.1, 0.15) is 17.6 Å². The average molecular weight is 494 g/mol. The number of rotatable bonds is 6. The van der Waals surface area contributed by atoms with E-state index < -0.39 is 41.5 Å². The number of aromatic nitrogens is 2. The van der Waals surface area contributed by atoms with Gasteiger partial charge in [0.05, 0.1) is 6.42 Å². The molecule has 188 valence electrons. The molecule has 2 aliphatic rings. The summed E-state index contributed by atoms with van der Waals surface area (Å²) in [7, 11) is 1.99. The maximum atomic E-state index is 13.9. The standard InChI is InChI=1S/C23H26F4N6O2/c1-13-8-16(4-5-17(13)24)32(7-6-15-11-31(3)12-15)21(35)18-10-20(34)30-33(18)22-28-14(2)9-19(29-22)23(25,26)27/h4-5,8-9,15,18H,6-7,10-12H2,1-3H3,(H,30,34). The van der Waals surface area contributed by atoms with Gasteiger partial charge < -0.3 is 9.80 Å². The summed E-state index contributed by atoms with van der Waals surface area (Å²) in [4.78, 5) is 37.2. The molecule has 1 N–H and O–H groups in total. The molecule has 2 aromatic rings. The van der Waals surface area contributed by atoms with Crippen LogP contribution < -0.4 is 15.3 Å². The van der Waals surface area contributed by atoms with Crippen LogP contribution in [0.5, 0.6) is 0 Å². The molecule has 2 fully saturated rings. The van der Waals surface area contributed by atoms with E-state index in [4.69, 9.17) is 0 Å². The van der Waals surface area contributed by atoms with E-state index in [0.717, 1.165) is 24.2 Å². The van der Waals surface area contributed by atoms with Gasteiger partial charge in [-0.05, 0) is 63.1 Å². The van der Waals surface area contributed by atoms with E-state index in [1.165, 1.54) is 24.0 Å². The summed E-state index contributed by atoms with van der Waals surface area (Å²) < 4.78 is 53.9. The van der Waals surface area contributed by atoms with Crippen LogP contribution in [-0.2, 0) is 15.8 Å². The fraction of sp³-hybridized carbons (Fsp3) is 0.478. The number of hydrogen-bond donors (Lipinski definition) is 1. The number of amides is 2. The molecule has 1 unspecified atom stereocenters. The van der Waals surface area contributed by atoms with Crippen LogP contribution in [0.15, 0.2) is 24.3 Å². The van der Waals surface area contributed by atoms with Crippen molar-refractivity contribution in [2.24, 2.45) is 5.92 Å². The zero-order valence-electron chi connectivity index (χ0n) is 19.6.